The molecule has 0 unspecified atom stereocenters. The Morgan fingerprint density at radius 2 is 1.86 bits per heavy atom. The molecule has 4 nitrogen and oxygen atoms in total. The molecule has 0 radical (unpaired) electrons. The normalized spacial score (nSPS) is 12.1. The van der Waals surface area contributed by atoms with Crippen LogP contribution in [0.15, 0.2) is 23.6 Å². The fraction of sp³-hybridized carbons (Fsp3) is 0.111. The molecular formula is C9H10O4S. The van der Waals surface area contributed by atoms with Gasteiger partial charge in [-0.05, 0) is 23.8 Å². The zero-order valence-electron chi connectivity index (χ0n) is 7.51. The third-order valence-electron chi connectivity index (χ3n) is 1.51. The second kappa shape index (κ2) is 3.71. The minimum atomic E-state index is -3.17. The van der Waals surface area contributed by atoms with Gasteiger partial charge >= 0.3 is 0 Å². The highest BCUT2D eigenvalue weighted by molar-refractivity contribution is 7.93. The summed E-state index contributed by atoms with van der Waals surface area (Å²) in [6.45, 7) is 0. The first-order valence-electron chi connectivity index (χ1n) is 3.78. The van der Waals surface area contributed by atoms with E-state index in [1.807, 2.05) is 0 Å². The Kier molecular flexibility index (Phi) is 2.81. The van der Waals surface area contributed by atoms with Crippen molar-refractivity contribution in [2.45, 2.75) is 0 Å². The van der Waals surface area contributed by atoms with E-state index in [0.29, 0.717) is 5.56 Å². The van der Waals surface area contributed by atoms with Crippen LogP contribution < -0.4 is 0 Å². The van der Waals surface area contributed by atoms with Gasteiger partial charge in [-0.3, -0.25) is 0 Å². The Bertz CT molecular complexity index is 460. The average molecular weight is 214 g/mol. The number of benzene rings is 1. The van der Waals surface area contributed by atoms with Gasteiger partial charge in [-0.1, -0.05) is 6.07 Å². The number of sulfone groups is 1. The molecule has 5 heteroatoms. The molecule has 1 aromatic carbocycles. The molecule has 0 aromatic heterocycles. The molecule has 0 aliphatic rings. The fourth-order valence-electron chi connectivity index (χ4n) is 0.846. The summed E-state index contributed by atoms with van der Waals surface area (Å²) in [4.78, 5) is 0. The lowest BCUT2D eigenvalue weighted by Crippen LogP contribution is -1.87. The van der Waals surface area contributed by atoms with Crippen LogP contribution in [0.1, 0.15) is 5.56 Å². The lowest BCUT2D eigenvalue weighted by molar-refractivity contribution is 0.403. The van der Waals surface area contributed by atoms with Gasteiger partial charge in [0.2, 0.25) is 0 Å². The number of aromatic hydroxyl groups is 2. The minimum Gasteiger partial charge on any atom is -0.504 e. The maximum atomic E-state index is 10.8. The van der Waals surface area contributed by atoms with Crippen molar-refractivity contribution in [3.05, 3.63) is 29.2 Å². The molecule has 0 spiro atoms. The van der Waals surface area contributed by atoms with E-state index in [2.05, 4.69) is 0 Å². The maximum Gasteiger partial charge on any atom is 0.168 e. The Labute approximate surface area is 82.1 Å². The number of phenols is 2. The number of phenolic OH excluding ortho intramolecular Hbond substituents is 2. The van der Waals surface area contributed by atoms with Gasteiger partial charge < -0.3 is 10.2 Å². The fourth-order valence-corrected chi connectivity index (χ4v) is 1.25. The van der Waals surface area contributed by atoms with E-state index >= 15 is 0 Å². The zero-order chi connectivity index (χ0) is 10.8. The van der Waals surface area contributed by atoms with Crippen LogP contribution in [0.4, 0.5) is 0 Å². The molecule has 14 heavy (non-hydrogen) atoms. The van der Waals surface area contributed by atoms with E-state index in [9.17, 15) is 8.42 Å². The summed E-state index contributed by atoms with van der Waals surface area (Å²) in [6, 6.07) is 4.06. The van der Waals surface area contributed by atoms with Gasteiger partial charge in [0, 0.05) is 11.7 Å². The van der Waals surface area contributed by atoms with E-state index in [0.717, 1.165) is 11.7 Å². The van der Waals surface area contributed by atoms with E-state index < -0.39 is 9.84 Å². The highest BCUT2D eigenvalue weighted by atomic mass is 32.2. The predicted molar refractivity (Wildman–Crippen MR) is 53.6 cm³/mol. The molecule has 1 rings (SSSR count). The van der Waals surface area contributed by atoms with E-state index in [1.54, 1.807) is 0 Å². The van der Waals surface area contributed by atoms with Crippen molar-refractivity contribution in [1.82, 2.24) is 0 Å². The summed E-state index contributed by atoms with van der Waals surface area (Å²) < 4.78 is 21.5. The Morgan fingerprint density at radius 3 is 2.36 bits per heavy atom. The molecule has 0 atom stereocenters. The summed E-state index contributed by atoms with van der Waals surface area (Å²) in [6.07, 6.45) is 2.41. The molecular weight excluding hydrogens is 204 g/mol. The first-order chi connectivity index (χ1) is 6.38. The smallest absolute Gasteiger partial charge is 0.168 e. The topological polar surface area (TPSA) is 74.6 Å². The Morgan fingerprint density at radius 1 is 1.21 bits per heavy atom. The summed E-state index contributed by atoms with van der Waals surface area (Å²) >= 11 is 0. The third-order valence-corrected chi connectivity index (χ3v) is 2.14. The standard InChI is InChI=1S/C9H10O4S/c1-14(12,13)5-4-7-2-3-8(10)9(11)6-7/h2-6,10-11H,1H3. The molecule has 0 bridgehead atoms. The first kappa shape index (κ1) is 10.6. The van der Waals surface area contributed by atoms with Gasteiger partial charge in [0.25, 0.3) is 0 Å². The molecule has 0 saturated heterocycles. The summed E-state index contributed by atoms with van der Waals surface area (Å²) in [7, 11) is -3.17. The van der Waals surface area contributed by atoms with E-state index in [1.165, 1.54) is 24.3 Å². The quantitative estimate of drug-likeness (QED) is 0.723. The Hall–Kier alpha value is -1.49. The molecule has 0 fully saturated rings. The van der Waals surface area contributed by atoms with E-state index in [4.69, 9.17) is 10.2 Å². The van der Waals surface area contributed by atoms with Crippen molar-refractivity contribution >= 4 is 15.9 Å². The highest BCUT2D eigenvalue weighted by Crippen LogP contribution is 2.25. The van der Waals surface area contributed by atoms with Crippen LogP contribution in [0.2, 0.25) is 0 Å². The first-order valence-corrected chi connectivity index (χ1v) is 5.74. The SMILES string of the molecule is CS(=O)(=O)C=Cc1ccc(O)c(O)c1. The van der Waals surface area contributed by atoms with Crippen molar-refractivity contribution < 1.29 is 18.6 Å². The molecule has 0 saturated carbocycles. The molecule has 0 amide bonds. The largest absolute Gasteiger partial charge is 0.504 e. The molecule has 76 valence electrons. The Balaban J connectivity index is 3.00. The average Bonchev–Trinajstić information content (AvgIpc) is 2.06. The minimum absolute atomic E-state index is 0.235. The molecule has 0 heterocycles. The van der Waals surface area contributed by atoms with Gasteiger partial charge in [0.05, 0.1) is 0 Å². The highest BCUT2D eigenvalue weighted by Gasteiger charge is 1.99. The van der Waals surface area contributed by atoms with Crippen LogP contribution in [0, 0.1) is 0 Å². The van der Waals surface area contributed by atoms with Crippen molar-refractivity contribution in [2.75, 3.05) is 6.26 Å². The summed E-state index contributed by atoms with van der Waals surface area (Å²) in [5.41, 5.74) is 0.505. The van der Waals surface area contributed by atoms with Gasteiger partial charge in [-0.25, -0.2) is 8.42 Å². The van der Waals surface area contributed by atoms with Crippen LogP contribution in [-0.2, 0) is 9.84 Å². The maximum absolute atomic E-state index is 10.8. The van der Waals surface area contributed by atoms with Gasteiger partial charge in [-0.15, -0.1) is 0 Å². The monoisotopic (exact) mass is 214 g/mol. The number of hydrogen-bond acceptors (Lipinski definition) is 4. The number of rotatable bonds is 2. The van der Waals surface area contributed by atoms with Crippen molar-refractivity contribution in [1.29, 1.82) is 0 Å². The van der Waals surface area contributed by atoms with Crippen molar-refractivity contribution in [3.8, 4) is 11.5 Å². The zero-order valence-corrected chi connectivity index (χ0v) is 8.32. The van der Waals surface area contributed by atoms with Gasteiger partial charge in [-0.2, -0.15) is 0 Å². The molecule has 1 aromatic rings. The third kappa shape index (κ3) is 3.10. The van der Waals surface area contributed by atoms with Crippen LogP contribution in [0.25, 0.3) is 6.08 Å². The predicted octanol–water partition coefficient (Wildman–Crippen LogP) is 1.11. The summed E-state index contributed by atoms with van der Waals surface area (Å²) in [5, 5.41) is 19.1. The lowest BCUT2D eigenvalue weighted by atomic mass is 10.2. The van der Waals surface area contributed by atoms with Crippen LogP contribution >= 0.6 is 0 Å². The summed E-state index contributed by atoms with van der Waals surface area (Å²) in [5.74, 6) is -0.512. The van der Waals surface area contributed by atoms with Crippen LogP contribution in [0.3, 0.4) is 0 Å². The van der Waals surface area contributed by atoms with Crippen molar-refractivity contribution in [2.24, 2.45) is 0 Å². The van der Waals surface area contributed by atoms with Gasteiger partial charge in [0.1, 0.15) is 0 Å². The van der Waals surface area contributed by atoms with E-state index in [-0.39, 0.29) is 11.5 Å². The number of hydrogen-bond donors (Lipinski definition) is 2. The van der Waals surface area contributed by atoms with Gasteiger partial charge in [0.15, 0.2) is 21.3 Å². The molecule has 0 aliphatic heterocycles. The van der Waals surface area contributed by atoms with Crippen LogP contribution in [-0.4, -0.2) is 24.9 Å². The second-order valence-corrected chi connectivity index (χ2v) is 4.81. The molecule has 2 N–H and O–H groups in total. The lowest BCUT2D eigenvalue weighted by Gasteiger charge is -1.97. The second-order valence-electron chi connectivity index (χ2n) is 2.88. The van der Waals surface area contributed by atoms with Crippen molar-refractivity contribution in [3.63, 3.8) is 0 Å². The molecule has 0 aliphatic carbocycles. The van der Waals surface area contributed by atoms with Crippen LogP contribution in [0.5, 0.6) is 11.5 Å².